The maximum atomic E-state index is 13.2. The molecule has 0 bridgehead atoms. The number of nitrogens with zero attached hydrogens (tertiary/aromatic N) is 3. The summed E-state index contributed by atoms with van der Waals surface area (Å²) in [7, 11) is 0. The van der Waals surface area contributed by atoms with E-state index in [4.69, 9.17) is 4.74 Å². The Hall–Kier alpha value is -3.10. The molecule has 1 heterocycles. The number of carbonyl (C=O) groups is 2. The van der Waals surface area contributed by atoms with Gasteiger partial charge in [-0.3, -0.25) is 24.6 Å². The van der Waals surface area contributed by atoms with E-state index in [9.17, 15) is 19.7 Å². The number of hydrogen-bond donors (Lipinski definition) is 0. The third-order valence-corrected chi connectivity index (χ3v) is 4.97. The van der Waals surface area contributed by atoms with Crippen molar-refractivity contribution >= 4 is 23.1 Å². The third kappa shape index (κ3) is 5.08. The Morgan fingerprint density at radius 1 is 1.13 bits per heavy atom. The van der Waals surface area contributed by atoms with Crippen LogP contribution in [0.3, 0.4) is 0 Å². The van der Waals surface area contributed by atoms with Crippen LogP contribution < -0.4 is 4.90 Å². The van der Waals surface area contributed by atoms with Gasteiger partial charge in [-0.2, -0.15) is 0 Å². The maximum Gasteiger partial charge on any atom is 0.270 e. The van der Waals surface area contributed by atoms with E-state index in [1.807, 2.05) is 11.8 Å². The second-order valence-corrected chi connectivity index (χ2v) is 7.09. The van der Waals surface area contributed by atoms with Gasteiger partial charge in [-0.05, 0) is 12.5 Å². The molecule has 8 nitrogen and oxygen atoms in total. The molecule has 0 saturated carbocycles. The van der Waals surface area contributed by atoms with Crippen LogP contribution in [0.5, 0.6) is 0 Å². The minimum atomic E-state index is -0.536. The number of non-ortho nitro benzene ring substituents is 1. The van der Waals surface area contributed by atoms with Crippen LogP contribution >= 0.6 is 0 Å². The fraction of sp³-hybridized carbons (Fsp3) is 0.364. The Balaban J connectivity index is 1.98. The van der Waals surface area contributed by atoms with Crippen molar-refractivity contribution in [2.24, 2.45) is 0 Å². The van der Waals surface area contributed by atoms with E-state index in [-0.39, 0.29) is 29.5 Å². The molecule has 1 saturated heterocycles. The molecule has 0 N–H and O–H groups in total. The van der Waals surface area contributed by atoms with Crippen LogP contribution in [0.2, 0.25) is 0 Å². The molecule has 0 aromatic heterocycles. The van der Waals surface area contributed by atoms with Gasteiger partial charge in [0.05, 0.1) is 35.9 Å². The number of ketones is 1. The fourth-order valence-electron chi connectivity index (χ4n) is 3.44. The van der Waals surface area contributed by atoms with E-state index in [0.29, 0.717) is 50.5 Å². The molecule has 2 aromatic rings. The molecule has 0 atom stereocenters. The van der Waals surface area contributed by atoms with E-state index in [1.54, 1.807) is 35.2 Å². The highest BCUT2D eigenvalue weighted by Crippen LogP contribution is 2.28. The lowest BCUT2D eigenvalue weighted by molar-refractivity contribution is -0.384. The number of benzene rings is 2. The Kier molecular flexibility index (Phi) is 7.26. The van der Waals surface area contributed by atoms with Crippen molar-refractivity contribution < 1.29 is 19.2 Å². The van der Waals surface area contributed by atoms with Crippen molar-refractivity contribution in [2.75, 3.05) is 44.3 Å². The summed E-state index contributed by atoms with van der Waals surface area (Å²) in [6, 6.07) is 12.7. The van der Waals surface area contributed by atoms with Gasteiger partial charge in [0.2, 0.25) is 5.91 Å². The largest absolute Gasteiger partial charge is 0.379 e. The standard InChI is InChI=1S/C22H25N3O5/c1-2-10-24(21(26)16-23-11-13-30-14-12-23)20-9-8-18(25(28)29)15-19(20)22(27)17-6-4-3-5-7-17/h3-9,15H,2,10-14,16H2,1H3. The van der Waals surface area contributed by atoms with Crippen molar-refractivity contribution in [2.45, 2.75) is 13.3 Å². The zero-order valence-corrected chi connectivity index (χ0v) is 17.0. The van der Waals surface area contributed by atoms with Crippen LogP contribution in [0.4, 0.5) is 11.4 Å². The molecule has 8 heteroatoms. The lowest BCUT2D eigenvalue weighted by Gasteiger charge is -2.30. The summed E-state index contributed by atoms with van der Waals surface area (Å²) in [5.74, 6) is -0.496. The number of nitro benzene ring substituents is 1. The molecule has 2 aromatic carbocycles. The molecule has 0 aliphatic carbocycles. The van der Waals surface area contributed by atoms with E-state index < -0.39 is 4.92 Å². The highest BCUT2D eigenvalue weighted by Gasteiger charge is 2.26. The topological polar surface area (TPSA) is 93.0 Å². The number of ether oxygens (including phenoxy) is 1. The number of anilines is 1. The van der Waals surface area contributed by atoms with Crippen LogP contribution in [0.1, 0.15) is 29.3 Å². The quantitative estimate of drug-likeness (QED) is 0.377. The fourth-order valence-corrected chi connectivity index (χ4v) is 3.44. The number of rotatable bonds is 8. The molecule has 0 unspecified atom stereocenters. The summed E-state index contributed by atoms with van der Waals surface area (Å²) < 4.78 is 5.33. The molecule has 30 heavy (non-hydrogen) atoms. The third-order valence-electron chi connectivity index (χ3n) is 4.97. The summed E-state index contributed by atoms with van der Waals surface area (Å²) in [6.45, 7) is 5.06. The molecule has 1 amide bonds. The van der Waals surface area contributed by atoms with Crippen LogP contribution in [-0.4, -0.2) is 60.9 Å². The average Bonchev–Trinajstić information content (AvgIpc) is 2.77. The van der Waals surface area contributed by atoms with Crippen molar-refractivity contribution in [3.63, 3.8) is 0 Å². The van der Waals surface area contributed by atoms with Crippen LogP contribution in [-0.2, 0) is 9.53 Å². The molecule has 1 aliphatic rings. The zero-order valence-electron chi connectivity index (χ0n) is 17.0. The van der Waals surface area contributed by atoms with E-state index in [0.717, 1.165) is 0 Å². The SMILES string of the molecule is CCCN(C(=O)CN1CCOCC1)c1ccc([N+](=O)[O-])cc1C(=O)c1ccccc1. The molecule has 0 spiro atoms. The van der Waals surface area contributed by atoms with Crippen molar-refractivity contribution in [1.82, 2.24) is 4.90 Å². The first-order chi connectivity index (χ1) is 14.5. The van der Waals surface area contributed by atoms with Gasteiger partial charge in [-0.25, -0.2) is 0 Å². The zero-order chi connectivity index (χ0) is 21.5. The van der Waals surface area contributed by atoms with Gasteiger partial charge in [0.25, 0.3) is 5.69 Å². The lowest BCUT2D eigenvalue weighted by Crippen LogP contribution is -2.45. The number of amides is 1. The van der Waals surface area contributed by atoms with Crippen molar-refractivity contribution in [3.8, 4) is 0 Å². The molecule has 1 aliphatic heterocycles. The summed E-state index contributed by atoms with van der Waals surface area (Å²) >= 11 is 0. The summed E-state index contributed by atoms with van der Waals surface area (Å²) in [6.07, 6.45) is 0.685. The summed E-state index contributed by atoms with van der Waals surface area (Å²) in [5, 5.41) is 11.3. The first kappa shape index (κ1) is 21.6. The first-order valence-corrected chi connectivity index (χ1v) is 10.00. The van der Waals surface area contributed by atoms with Crippen LogP contribution in [0, 0.1) is 10.1 Å². The number of morpholine rings is 1. The van der Waals surface area contributed by atoms with Crippen molar-refractivity contribution in [1.29, 1.82) is 0 Å². The molecule has 1 fully saturated rings. The average molecular weight is 411 g/mol. The molecular formula is C22H25N3O5. The molecule has 3 rings (SSSR count). The Labute approximate surface area is 175 Å². The normalized spacial score (nSPS) is 14.3. The van der Waals surface area contributed by atoms with Gasteiger partial charge in [-0.1, -0.05) is 37.3 Å². The minimum absolute atomic E-state index is 0.144. The second kappa shape index (κ2) is 10.1. The number of hydrogen-bond acceptors (Lipinski definition) is 6. The predicted octanol–water partition coefficient (Wildman–Crippen LogP) is 2.90. The molecule has 158 valence electrons. The highest BCUT2D eigenvalue weighted by molar-refractivity contribution is 6.14. The number of nitro groups is 1. The van der Waals surface area contributed by atoms with Crippen LogP contribution in [0.25, 0.3) is 0 Å². The maximum absolute atomic E-state index is 13.2. The van der Waals surface area contributed by atoms with Gasteiger partial charge < -0.3 is 9.64 Å². The first-order valence-electron chi connectivity index (χ1n) is 10.00. The minimum Gasteiger partial charge on any atom is -0.379 e. The van der Waals surface area contributed by atoms with Crippen molar-refractivity contribution in [3.05, 3.63) is 69.8 Å². The Morgan fingerprint density at radius 3 is 2.47 bits per heavy atom. The van der Waals surface area contributed by atoms with Gasteiger partial charge in [-0.15, -0.1) is 0 Å². The Morgan fingerprint density at radius 2 is 1.83 bits per heavy atom. The van der Waals surface area contributed by atoms with E-state index >= 15 is 0 Å². The highest BCUT2D eigenvalue weighted by atomic mass is 16.6. The summed E-state index contributed by atoms with van der Waals surface area (Å²) in [5.41, 5.74) is 0.778. The number of carbonyl (C=O) groups excluding carboxylic acids is 2. The lowest BCUT2D eigenvalue weighted by atomic mass is 10.00. The van der Waals surface area contributed by atoms with Gasteiger partial charge >= 0.3 is 0 Å². The van der Waals surface area contributed by atoms with Gasteiger partial charge in [0, 0.05) is 37.3 Å². The monoisotopic (exact) mass is 411 g/mol. The van der Waals surface area contributed by atoms with E-state index in [1.165, 1.54) is 18.2 Å². The van der Waals surface area contributed by atoms with Gasteiger partial charge in [0.15, 0.2) is 5.78 Å². The van der Waals surface area contributed by atoms with Crippen LogP contribution in [0.15, 0.2) is 48.5 Å². The molecule has 0 radical (unpaired) electrons. The molecular weight excluding hydrogens is 386 g/mol. The smallest absolute Gasteiger partial charge is 0.270 e. The second-order valence-electron chi connectivity index (χ2n) is 7.09. The predicted molar refractivity (Wildman–Crippen MR) is 113 cm³/mol. The summed E-state index contributed by atoms with van der Waals surface area (Å²) in [4.78, 5) is 40.7. The van der Waals surface area contributed by atoms with Gasteiger partial charge in [0.1, 0.15) is 0 Å². The Bertz CT molecular complexity index is 910. The van der Waals surface area contributed by atoms with E-state index in [2.05, 4.69) is 0 Å².